The molecule has 5 nitrogen and oxygen atoms in total. The Morgan fingerprint density at radius 1 is 1.12 bits per heavy atom. The van der Waals surface area contributed by atoms with Crippen LogP contribution in [0.1, 0.15) is 27.3 Å². The van der Waals surface area contributed by atoms with E-state index in [0.29, 0.717) is 17.0 Å². The van der Waals surface area contributed by atoms with Gasteiger partial charge >= 0.3 is 5.97 Å². The predicted molar refractivity (Wildman–Crippen MR) is 90.2 cm³/mol. The van der Waals surface area contributed by atoms with Crippen LogP contribution in [-0.4, -0.2) is 20.9 Å². The van der Waals surface area contributed by atoms with Crippen LogP contribution in [0.25, 0.3) is 0 Å². The summed E-state index contributed by atoms with van der Waals surface area (Å²) in [5, 5.41) is 13.0. The van der Waals surface area contributed by atoms with Crippen LogP contribution < -0.4 is 4.74 Å². The highest BCUT2D eigenvalue weighted by molar-refractivity contribution is 5.85. The van der Waals surface area contributed by atoms with E-state index < -0.39 is 11.8 Å². The van der Waals surface area contributed by atoms with Crippen molar-refractivity contribution >= 4 is 5.97 Å². The van der Waals surface area contributed by atoms with Crippen LogP contribution in [0.5, 0.6) is 5.75 Å². The van der Waals surface area contributed by atoms with Crippen molar-refractivity contribution in [2.75, 3.05) is 0 Å². The molecule has 0 aliphatic heterocycles. The zero-order valence-electron chi connectivity index (χ0n) is 13.9. The van der Waals surface area contributed by atoms with E-state index in [2.05, 4.69) is 5.10 Å². The Kier molecular flexibility index (Phi) is 4.97. The average molecular weight is 358 g/mol. The summed E-state index contributed by atoms with van der Waals surface area (Å²) in [6, 6.07) is 11.4. The standard InChI is InChI=1S/C19H16F2N2O3/c1-12-8-17(19(24)25)22-23(12)10-14-9-16(21)6-7-18(14)26-11-13-2-4-15(20)5-3-13/h2-9H,10-11H2,1H3,(H,24,25). The first-order valence-corrected chi connectivity index (χ1v) is 7.86. The first kappa shape index (κ1) is 17.6. The summed E-state index contributed by atoms with van der Waals surface area (Å²) in [6.45, 7) is 2.07. The number of rotatable bonds is 6. The molecule has 7 heteroatoms. The van der Waals surface area contributed by atoms with Crippen molar-refractivity contribution in [2.24, 2.45) is 0 Å². The predicted octanol–water partition coefficient (Wildman–Crippen LogP) is 3.80. The molecule has 2 aromatic carbocycles. The van der Waals surface area contributed by atoms with Crippen LogP contribution in [0.2, 0.25) is 0 Å². The Labute approximate surface area is 148 Å². The Balaban J connectivity index is 1.81. The number of ether oxygens (including phenoxy) is 1. The molecule has 0 saturated heterocycles. The Bertz CT molecular complexity index is 936. The number of carboxylic acids is 1. The second kappa shape index (κ2) is 7.35. The van der Waals surface area contributed by atoms with Gasteiger partial charge in [-0.3, -0.25) is 4.68 Å². The number of aryl methyl sites for hydroxylation is 1. The molecule has 0 unspecified atom stereocenters. The van der Waals surface area contributed by atoms with E-state index in [1.54, 1.807) is 19.1 Å². The van der Waals surface area contributed by atoms with Gasteiger partial charge < -0.3 is 9.84 Å². The number of benzene rings is 2. The van der Waals surface area contributed by atoms with E-state index >= 15 is 0 Å². The van der Waals surface area contributed by atoms with Gasteiger partial charge in [-0.05, 0) is 48.9 Å². The molecule has 1 aromatic heterocycles. The largest absolute Gasteiger partial charge is 0.489 e. The maximum atomic E-state index is 13.7. The third kappa shape index (κ3) is 4.05. The molecule has 0 atom stereocenters. The Hall–Kier alpha value is -3.22. The van der Waals surface area contributed by atoms with E-state index in [1.807, 2.05) is 0 Å². The van der Waals surface area contributed by atoms with E-state index in [0.717, 1.165) is 5.56 Å². The smallest absolute Gasteiger partial charge is 0.356 e. The molecule has 3 rings (SSSR count). The zero-order chi connectivity index (χ0) is 18.7. The van der Waals surface area contributed by atoms with Gasteiger partial charge in [0, 0.05) is 11.3 Å². The normalized spacial score (nSPS) is 10.7. The van der Waals surface area contributed by atoms with Gasteiger partial charge in [0.15, 0.2) is 5.69 Å². The number of halogens is 2. The lowest BCUT2D eigenvalue weighted by Crippen LogP contribution is -2.08. The lowest BCUT2D eigenvalue weighted by atomic mass is 10.2. The third-order valence-electron chi connectivity index (χ3n) is 3.85. The van der Waals surface area contributed by atoms with Crippen molar-refractivity contribution in [1.29, 1.82) is 0 Å². The first-order valence-electron chi connectivity index (χ1n) is 7.86. The number of aromatic nitrogens is 2. The zero-order valence-corrected chi connectivity index (χ0v) is 13.9. The van der Waals surface area contributed by atoms with Gasteiger partial charge in [0.2, 0.25) is 0 Å². The number of carboxylic acid groups (broad SMARTS) is 1. The highest BCUT2D eigenvalue weighted by Crippen LogP contribution is 2.23. The SMILES string of the molecule is Cc1cc(C(=O)O)nn1Cc1cc(F)ccc1OCc1ccc(F)cc1. The second-order valence-electron chi connectivity index (χ2n) is 5.80. The molecule has 0 aliphatic carbocycles. The first-order chi connectivity index (χ1) is 12.4. The fourth-order valence-electron chi connectivity index (χ4n) is 2.49. The molecule has 0 radical (unpaired) electrons. The highest BCUT2D eigenvalue weighted by Gasteiger charge is 2.13. The fourth-order valence-corrected chi connectivity index (χ4v) is 2.49. The molecule has 134 valence electrons. The minimum Gasteiger partial charge on any atom is -0.489 e. The molecule has 3 aromatic rings. The van der Waals surface area contributed by atoms with Crippen LogP contribution in [0.15, 0.2) is 48.5 Å². The van der Waals surface area contributed by atoms with Crippen LogP contribution >= 0.6 is 0 Å². The summed E-state index contributed by atoms with van der Waals surface area (Å²) >= 11 is 0. The minimum atomic E-state index is -1.13. The van der Waals surface area contributed by atoms with Gasteiger partial charge in [0.25, 0.3) is 0 Å². The van der Waals surface area contributed by atoms with Gasteiger partial charge in [-0.2, -0.15) is 5.10 Å². The summed E-state index contributed by atoms with van der Waals surface area (Å²) in [4.78, 5) is 11.0. The number of nitrogens with zero attached hydrogens (tertiary/aromatic N) is 2. The van der Waals surface area contributed by atoms with Gasteiger partial charge in [-0.25, -0.2) is 13.6 Å². The van der Waals surface area contributed by atoms with Crippen molar-refractivity contribution in [2.45, 2.75) is 20.1 Å². The third-order valence-corrected chi connectivity index (χ3v) is 3.85. The fraction of sp³-hybridized carbons (Fsp3) is 0.158. The van der Waals surface area contributed by atoms with Crippen molar-refractivity contribution in [3.8, 4) is 5.75 Å². The van der Waals surface area contributed by atoms with Crippen LogP contribution in [-0.2, 0) is 13.2 Å². The van der Waals surface area contributed by atoms with Gasteiger partial charge in [0.1, 0.15) is 24.0 Å². The molecule has 26 heavy (non-hydrogen) atoms. The monoisotopic (exact) mass is 358 g/mol. The van der Waals surface area contributed by atoms with Gasteiger partial charge in [0.05, 0.1) is 6.54 Å². The van der Waals surface area contributed by atoms with Crippen molar-refractivity contribution in [1.82, 2.24) is 9.78 Å². The molecule has 0 fully saturated rings. The Morgan fingerprint density at radius 2 is 1.81 bits per heavy atom. The van der Waals surface area contributed by atoms with Crippen molar-refractivity contribution < 1.29 is 23.4 Å². The van der Waals surface area contributed by atoms with E-state index in [4.69, 9.17) is 9.84 Å². The second-order valence-corrected chi connectivity index (χ2v) is 5.80. The minimum absolute atomic E-state index is 0.0762. The van der Waals surface area contributed by atoms with Gasteiger partial charge in [-0.15, -0.1) is 0 Å². The molecular formula is C19H16F2N2O3. The van der Waals surface area contributed by atoms with Crippen LogP contribution in [0.3, 0.4) is 0 Å². The van der Waals surface area contributed by atoms with Crippen molar-refractivity contribution in [3.63, 3.8) is 0 Å². The van der Waals surface area contributed by atoms with Crippen molar-refractivity contribution in [3.05, 3.63) is 82.7 Å². The molecule has 0 aliphatic rings. The number of hydrogen-bond acceptors (Lipinski definition) is 3. The maximum absolute atomic E-state index is 13.7. The summed E-state index contributed by atoms with van der Waals surface area (Å²) in [6.07, 6.45) is 0. The lowest BCUT2D eigenvalue weighted by molar-refractivity contribution is 0.0689. The summed E-state index contributed by atoms with van der Waals surface area (Å²) < 4.78 is 33.8. The molecule has 1 heterocycles. The highest BCUT2D eigenvalue weighted by atomic mass is 19.1. The molecule has 1 N–H and O–H groups in total. The summed E-state index contributed by atoms with van der Waals surface area (Å²) in [7, 11) is 0. The summed E-state index contributed by atoms with van der Waals surface area (Å²) in [5.74, 6) is -1.45. The Morgan fingerprint density at radius 3 is 2.46 bits per heavy atom. The molecule has 0 saturated carbocycles. The van der Waals surface area contributed by atoms with E-state index in [9.17, 15) is 13.6 Å². The molecule has 0 spiro atoms. The average Bonchev–Trinajstić information content (AvgIpc) is 2.97. The lowest BCUT2D eigenvalue weighted by Gasteiger charge is -2.13. The maximum Gasteiger partial charge on any atom is 0.356 e. The molecular weight excluding hydrogens is 342 g/mol. The topological polar surface area (TPSA) is 64.3 Å². The van der Waals surface area contributed by atoms with Crippen LogP contribution in [0, 0.1) is 18.6 Å². The quantitative estimate of drug-likeness (QED) is 0.728. The molecule has 0 bridgehead atoms. The summed E-state index contributed by atoms with van der Waals surface area (Å²) in [5.41, 5.74) is 1.85. The number of hydrogen-bond donors (Lipinski definition) is 1. The molecule has 0 amide bonds. The number of carbonyl (C=O) groups is 1. The van der Waals surface area contributed by atoms with E-state index in [-0.39, 0.29) is 24.7 Å². The number of aromatic carboxylic acids is 1. The van der Waals surface area contributed by atoms with Crippen LogP contribution in [0.4, 0.5) is 8.78 Å². The van der Waals surface area contributed by atoms with Gasteiger partial charge in [-0.1, -0.05) is 12.1 Å². The van der Waals surface area contributed by atoms with E-state index in [1.165, 1.54) is 41.1 Å².